The van der Waals surface area contributed by atoms with Gasteiger partial charge in [-0.25, -0.2) is 4.39 Å². The third kappa shape index (κ3) is 2.90. The van der Waals surface area contributed by atoms with Gasteiger partial charge in [-0.2, -0.15) is 0 Å². The molecule has 6 heteroatoms. The molecule has 0 aliphatic carbocycles. The molecule has 1 aliphatic heterocycles. The number of aromatic nitrogens is 1. The van der Waals surface area contributed by atoms with E-state index in [1.807, 2.05) is 18.7 Å². The number of nitrogens with zero attached hydrogens (tertiary/aromatic N) is 2. The Morgan fingerprint density at radius 2 is 2.35 bits per heavy atom. The first kappa shape index (κ1) is 14.7. The SMILES string of the molecule is CC(C)N(c1ccncc1C(N)=O)[C@@H]1CCOC[C@H]1F. The van der Waals surface area contributed by atoms with Crippen LogP contribution in [0.2, 0.25) is 0 Å². The van der Waals surface area contributed by atoms with Crippen LogP contribution in [0.5, 0.6) is 0 Å². The van der Waals surface area contributed by atoms with Crippen molar-refractivity contribution in [2.45, 2.75) is 38.5 Å². The molecule has 0 saturated carbocycles. The van der Waals surface area contributed by atoms with E-state index in [9.17, 15) is 9.18 Å². The molecule has 0 spiro atoms. The van der Waals surface area contributed by atoms with Crippen molar-refractivity contribution in [3.8, 4) is 0 Å². The average Bonchev–Trinajstić information content (AvgIpc) is 2.41. The molecule has 110 valence electrons. The van der Waals surface area contributed by atoms with Crippen molar-refractivity contribution < 1.29 is 13.9 Å². The molecule has 1 aromatic rings. The van der Waals surface area contributed by atoms with Gasteiger partial charge in [0.25, 0.3) is 5.91 Å². The number of ether oxygens (including phenoxy) is 1. The van der Waals surface area contributed by atoms with Crippen LogP contribution in [0.15, 0.2) is 18.5 Å². The Bertz CT molecular complexity index is 481. The summed E-state index contributed by atoms with van der Waals surface area (Å²) in [6, 6.07) is 1.43. The van der Waals surface area contributed by atoms with Gasteiger partial charge in [0.2, 0.25) is 0 Å². The summed E-state index contributed by atoms with van der Waals surface area (Å²) >= 11 is 0. The number of pyridine rings is 1. The lowest BCUT2D eigenvalue weighted by Gasteiger charge is -2.41. The van der Waals surface area contributed by atoms with E-state index in [1.54, 1.807) is 12.3 Å². The van der Waals surface area contributed by atoms with Crippen molar-refractivity contribution in [2.75, 3.05) is 18.1 Å². The first-order valence-electron chi connectivity index (χ1n) is 6.76. The minimum atomic E-state index is -1.08. The predicted molar refractivity (Wildman–Crippen MR) is 74.5 cm³/mol. The fourth-order valence-electron chi connectivity index (χ4n) is 2.65. The smallest absolute Gasteiger partial charge is 0.252 e. The Morgan fingerprint density at radius 1 is 1.60 bits per heavy atom. The molecule has 0 radical (unpaired) electrons. The fourth-order valence-corrected chi connectivity index (χ4v) is 2.65. The second-order valence-electron chi connectivity index (χ2n) is 5.21. The Kier molecular flexibility index (Phi) is 4.54. The van der Waals surface area contributed by atoms with Crippen LogP contribution in [0, 0.1) is 0 Å². The van der Waals surface area contributed by atoms with Crippen LogP contribution in [-0.2, 0) is 4.74 Å². The maximum absolute atomic E-state index is 14.2. The van der Waals surface area contributed by atoms with Gasteiger partial charge in [0.15, 0.2) is 0 Å². The summed E-state index contributed by atoms with van der Waals surface area (Å²) < 4.78 is 19.3. The second kappa shape index (κ2) is 6.17. The first-order valence-corrected chi connectivity index (χ1v) is 6.76. The highest BCUT2D eigenvalue weighted by Crippen LogP contribution is 2.29. The van der Waals surface area contributed by atoms with Crippen molar-refractivity contribution in [1.29, 1.82) is 0 Å². The molecule has 0 aromatic carbocycles. The minimum Gasteiger partial charge on any atom is -0.378 e. The van der Waals surface area contributed by atoms with E-state index in [1.165, 1.54) is 6.20 Å². The number of carbonyl (C=O) groups is 1. The lowest BCUT2D eigenvalue weighted by Crippen LogP contribution is -2.51. The minimum absolute atomic E-state index is 0.0388. The van der Waals surface area contributed by atoms with Crippen molar-refractivity contribution in [2.24, 2.45) is 5.73 Å². The van der Waals surface area contributed by atoms with Crippen LogP contribution in [-0.4, -0.2) is 42.4 Å². The van der Waals surface area contributed by atoms with Gasteiger partial charge in [-0.3, -0.25) is 9.78 Å². The number of hydrogen-bond acceptors (Lipinski definition) is 4. The zero-order chi connectivity index (χ0) is 14.7. The van der Waals surface area contributed by atoms with E-state index < -0.39 is 12.1 Å². The molecule has 1 fully saturated rings. The van der Waals surface area contributed by atoms with Gasteiger partial charge in [0.1, 0.15) is 6.17 Å². The van der Waals surface area contributed by atoms with Gasteiger partial charge < -0.3 is 15.4 Å². The van der Waals surface area contributed by atoms with Crippen LogP contribution >= 0.6 is 0 Å². The molecular weight excluding hydrogens is 261 g/mol. The van der Waals surface area contributed by atoms with Crippen LogP contribution in [0.25, 0.3) is 0 Å². The number of alkyl halides is 1. The van der Waals surface area contributed by atoms with Gasteiger partial charge in [-0.1, -0.05) is 0 Å². The molecule has 0 unspecified atom stereocenters. The molecule has 1 saturated heterocycles. The predicted octanol–water partition coefficient (Wildman–Crippen LogP) is 1.52. The zero-order valence-electron chi connectivity index (χ0n) is 11.8. The number of primary amides is 1. The van der Waals surface area contributed by atoms with Crippen molar-refractivity contribution in [1.82, 2.24) is 4.98 Å². The van der Waals surface area contributed by atoms with Crippen LogP contribution in [0.1, 0.15) is 30.6 Å². The third-order valence-corrected chi connectivity index (χ3v) is 3.51. The molecular formula is C14H20FN3O2. The lowest BCUT2D eigenvalue weighted by atomic mass is 10.0. The Morgan fingerprint density at radius 3 is 2.95 bits per heavy atom. The Balaban J connectivity index is 2.40. The van der Waals surface area contributed by atoms with E-state index in [-0.39, 0.29) is 18.7 Å². The Hall–Kier alpha value is -1.69. The van der Waals surface area contributed by atoms with E-state index in [4.69, 9.17) is 10.5 Å². The molecule has 2 heterocycles. The van der Waals surface area contributed by atoms with Crippen LogP contribution in [0.4, 0.5) is 10.1 Å². The lowest BCUT2D eigenvalue weighted by molar-refractivity contribution is 0.0201. The largest absolute Gasteiger partial charge is 0.378 e. The fraction of sp³-hybridized carbons (Fsp3) is 0.571. The van der Waals surface area contributed by atoms with Crippen LogP contribution < -0.4 is 10.6 Å². The quantitative estimate of drug-likeness (QED) is 0.908. The highest BCUT2D eigenvalue weighted by Gasteiger charge is 2.33. The van der Waals surface area contributed by atoms with Gasteiger partial charge in [-0.15, -0.1) is 0 Å². The molecule has 1 amide bonds. The van der Waals surface area contributed by atoms with Crippen LogP contribution in [0.3, 0.4) is 0 Å². The standard InChI is InChI=1S/C14H20FN3O2/c1-9(2)18(13-4-6-20-8-11(13)15)12-3-5-17-7-10(12)14(16)19/h3,5,7,9,11,13H,4,6,8H2,1-2H3,(H2,16,19)/t11-,13-/m1/s1. The van der Waals surface area contributed by atoms with E-state index in [2.05, 4.69) is 4.98 Å². The summed E-state index contributed by atoms with van der Waals surface area (Å²) in [6.07, 6.45) is 2.52. The van der Waals surface area contributed by atoms with Gasteiger partial charge in [-0.05, 0) is 26.3 Å². The summed E-state index contributed by atoms with van der Waals surface area (Å²) in [5.74, 6) is -0.554. The molecule has 0 bridgehead atoms. The van der Waals surface area contributed by atoms with E-state index in [0.29, 0.717) is 24.3 Å². The topological polar surface area (TPSA) is 68.5 Å². The zero-order valence-corrected chi connectivity index (χ0v) is 11.8. The molecule has 1 aliphatic rings. The number of carbonyl (C=O) groups excluding carboxylic acids is 1. The monoisotopic (exact) mass is 281 g/mol. The van der Waals surface area contributed by atoms with E-state index in [0.717, 1.165) is 0 Å². The molecule has 2 rings (SSSR count). The highest BCUT2D eigenvalue weighted by molar-refractivity contribution is 5.98. The summed E-state index contributed by atoms with van der Waals surface area (Å²) in [5.41, 5.74) is 6.35. The summed E-state index contributed by atoms with van der Waals surface area (Å²) in [6.45, 7) is 4.54. The second-order valence-corrected chi connectivity index (χ2v) is 5.21. The maximum Gasteiger partial charge on any atom is 0.252 e. The van der Waals surface area contributed by atoms with Crippen molar-refractivity contribution in [3.63, 3.8) is 0 Å². The number of halogens is 1. The third-order valence-electron chi connectivity index (χ3n) is 3.51. The summed E-state index contributed by atoms with van der Waals surface area (Å²) in [7, 11) is 0. The van der Waals surface area contributed by atoms with Gasteiger partial charge in [0, 0.05) is 25.0 Å². The number of rotatable bonds is 4. The number of amides is 1. The molecule has 2 atom stereocenters. The average molecular weight is 281 g/mol. The normalized spacial score (nSPS) is 22.8. The van der Waals surface area contributed by atoms with Gasteiger partial charge in [0.05, 0.1) is 23.9 Å². The molecule has 5 nitrogen and oxygen atoms in total. The number of anilines is 1. The van der Waals surface area contributed by atoms with E-state index >= 15 is 0 Å². The number of nitrogens with two attached hydrogens (primary N) is 1. The van der Waals surface area contributed by atoms with Gasteiger partial charge >= 0.3 is 0 Å². The molecule has 20 heavy (non-hydrogen) atoms. The summed E-state index contributed by atoms with van der Waals surface area (Å²) in [5, 5.41) is 0. The number of hydrogen-bond donors (Lipinski definition) is 1. The highest BCUT2D eigenvalue weighted by atomic mass is 19.1. The maximum atomic E-state index is 14.2. The summed E-state index contributed by atoms with van der Waals surface area (Å²) in [4.78, 5) is 17.4. The first-order chi connectivity index (χ1) is 9.52. The van der Waals surface area contributed by atoms with Crippen molar-refractivity contribution in [3.05, 3.63) is 24.0 Å². The molecule has 1 aromatic heterocycles. The van der Waals surface area contributed by atoms with Crippen molar-refractivity contribution >= 4 is 11.6 Å². The molecule has 2 N–H and O–H groups in total. The Labute approximate surface area is 117 Å².